The van der Waals surface area contributed by atoms with Crippen molar-refractivity contribution in [2.75, 3.05) is 0 Å². The SMILES string of the molecule is Cc1ccnc(-c2ccc(F)c(-c3cccnc3)c2)n1. The zero-order chi connectivity index (χ0) is 13.9. The molecular weight excluding hydrogens is 253 g/mol. The van der Waals surface area contributed by atoms with E-state index in [0.717, 1.165) is 16.8 Å². The molecule has 2 aromatic heterocycles. The number of halogens is 1. The minimum absolute atomic E-state index is 0.283. The number of hydrogen-bond acceptors (Lipinski definition) is 3. The van der Waals surface area contributed by atoms with E-state index in [2.05, 4.69) is 15.0 Å². The van der Waals surface area contributed by atoms with E-state index in [4.69, 9.17) is 0 Å². The Hall–Kier alpha value is -2.62. The summed E-state index contributed by atoms with van der Waals surface area (Å²) in [5, 5.41) is 0. The average Bonchev–Trinajstić information content (AvgIpc) is 2.48. The molecular formula is C16H12FN3. The minimum atomic E-state index is -0.283. The molecule has 2 heterocycles. The van der Waals surface area contributed by atoms with Crippen LogP contribution in [-0.2, 0) is 0 Å². The van der Waals surface area contributed by atoms with Gasteiger partial charge in [-0.05, 0) is 37.3 Å². The van der Waals surface area contributed by atoms with Gasteiger partial charge in [-0.15, -0.1) is 0 Å². The van der Waals surface area contributed by atoms with Gasteiger partial charge in [-0.1, -0.05) is 6.07 Å². The molecule has 0 fully saturated rings. The molecule has 3 aromatic rings. The van der Waals surface area contributed by atoms with Crippen LogP contribution >= 0.6 is 0 Å². The van der Waals surface area contributed by atoms with Gasteiger partial charge in [-0.3, -0.25) is 4.98 Å². The van der Waals surface area contributed by atoms with Crippen LogP contribution in [-0.4, -0.2) is 15.0 Å². The smallest absolute Gasteiger partial charge is 0.159 e. The molecule has 98 valence electrons. The molecule has 0 saturated carbocycles. The number of aryl methyl sites for hydroxylation is 1. The summed E-state index contributed by atoms with van der Waals surface area (Å²) in [6, 6.07) is 10.3. The van der Waals surface area contributed by atoms with Gasteiger partial charge in [-0.25, -0.2) is 14.4 Å². The number of nitrogens with zero attached hydrogens (tertiary/aromatic N) is 3. The maximum Gasteiger partial charge on any atom is 0.159 e. The van der Waals surface area contributed by atoms with Crippen LogP contribution in [0.4, 0.5) is 4.39 Å². The van der Waals surface area contributed by atoms with Crippen LogP contribution in [0.15, 0.2) is 55.0 Å². The van der Waals surface area contributed by atoms with E-state index < -0.39 is 0 Å². The summed E-state index contributed by atoms with van der Waals surface area (Å²) in [5.74, 6) is 0.310. The molecule has 0 saturated heterocycles. The zero-order valence-corrected chi connectivity index (χ0v) is 10.9. The Bertz CT molecular complexity index is 742. The molecule has 0 N–H and O–H groups in total. The number of aromatic nitrogens is 3. The molecule has 0 radical (unpaired) electrons. The predicted molar refractivity (Wildman–Crippen MR) is 75.4 cm³/mol. The Morgan fingerprint density at radius 3 is 2.65 bits per heavy atom. The molecule has 4 heteroatoms. The molecule has 1 aromatic carbocycles. The van der Waals surface area contributed by atoms with Crippen molar-refractivity contribution in [3.8, 4) is 22.5 Å². The lowest BCUT2D eigenvalue weighted by Crippen LogP contribution is -1.92. The monoisotopic (exact) mass is 265 g/mol. The quantitative estimate of drug-likeness (QED) is 0.710. The van der Waals surface area contributed by atoms with Crippen molar-refractivity contribution >= 4 is 0 Å². The van der Waals surface area contributed by atoms with Crippen LogP contribution in [0.3, 0.4) is 0 Å². The summed E-state index contributed by atoms with van der Waals surface area (Å²) in [5.41, 5.74) is 2.90. The van der Waals surface area contributed by atoms with E-state index >= 15 is 0 Å². The van der Waals surface area contributed by atoms with Crippen molar-refractivity contribution < 1.29 is 4.39 Å². The molecule has 0 spiro atoms. The summed E-state index contributed by atoms with van der Waals surface area (Å²) in [6.45, 7) is 1.90. The van der Waals surface area contributed by atoms with Gasteiger partial charge in [0.1, 0.15) is 5.82 Å². The van der Waals surface area contributed by atoms with Crippen molar-refractivity contribution in [1.29, 1.82) is 0 Å². The van der Waals surface area contributed by atoms with Crippen molar-refractivity contribution in [3.63, 3.8) is 0 Å². The standard InChI is InChI=1S/C16H12FN3/c1-11-6-8-19-16(20-11)12-4-5-15(17)14(9-12)13-3-2-7-18-10-13/h2-10H,1H3. The second-order valence-corrected chi connectivity index (χ2v) is 4.46. The second-order valence-electron chi connectivity index (χ2n) is 4.46. The Kier molecular flexibility index (Phi) is 3.21. The van der Waals surface area contributed by atoms with Crippen LogP contribution in [0.5, 0.6) is 0 Å². The van der Waals surface area contributed by atoms with E-state index in [1.165, 1.54) is 6.07 Å². The Morgan fingerprint density at radius 1 is 1.00 bits per heavy atom. The van der Waals surface area contributed by atoms with Gasteiger partial charge in [0.15, 0.2) is 5.82 Å². The average molecular weight is 265 g/mol. The Balaban J connectivity index is 2.12. The first kappa shape index (κ1) is 12.4. The molecule has 0 aliphatic carbocycles. The van der Waals surface area contributed by atoms with E-state index in [-0.39, 0.29) is 5.82 Å². The van der Waals surface area contributed by atoms with Gasteiger partial charge in [0.05, 0.1) is 0 Å². The van der Waals surface area contributed by atoms with Gasteiger partial charge < -0.3 is 0 Å². The molecule has 0 aliphatic heterocycles. The molecule has 3 nitrogen and oxygen atoms in total. The van der Waals surface area contributed by atoms with Crippen molar-refractivity contribution in [2.24, 2.45) is 0 Å². The number of benzene rings is 1. The molecule has 0 unspecified atom stereocenters. The fourth-order valence-corrected chi connectivity index (χ4v) is 2.00. The van der Waals surface area contributed by atoms with Gasteiger partial charge in [-0.2, -0.15) is 0 Å². The maximum absolute atomic E-state index is 14.0. The van der Waals surface area contributed by atoms with Crippen molar-refractivity contribution in [1.82, 2.24) is 15.0 Å². The summed E-state index contributed by atoms with van der Waals surface area (Å²) in [4.78, 5) is 12.6. The van der Waals surface area contributed by atoms with E-state index in [1.807, 2.05) is 19.1 Å². The fourth-order valence-electron chi connectivity index (χ4n) is 2.00. The highest BCUT2D eigenvalue weighted by atomic mass is 19.1. The maximum atomic E-state index is 14.0. The highest BCUT2D eigenvalue weighted by Crippen LogP contribution is 2.26. The normalized spacial score (nSPS) is 10.5. The van der Waals surface area contributed by atoms with Gasteiger partial charge in [0.2, 0.25) is 0 Å². The first-order valence-corrected chi connectivity index (χ1v) is 6.24. The molecule has 20 heavy (non-hydrogen) atoms. The molecule has 3 rings (SSSR count). The van der Waals surface area contributed by atoms with Gasteiger partial charge in [0.25, 0.3) is 0 Å². The van der Waals surface area contributed by atoms with Gasteiger partial charge in [0, 0.05) is 41.0 Å². The van der Waals surface area contributed by atoms with E-state index in [1.54, 1.807) is 36.8 Å². The molecule has 0 aliphatic rings. The summed E-state index contributed by atoms with van der Waals surface area (Å²) in [7, 11) is 0. The number of hydrogen-bond donors (Lipinski definition) is 0. The zero-order valence-electron chi connectivity index (χ0n) is 10.9. The third-order valence-electron chi connectivity index (χ3n) is 2.99. The van der Waals surface area contributed by atoms with Crippen molar-refractivity contribution in [3.05, 3.63) is 66.5 Å². The lowest BCUT2D eigenvalue weighted by atomic mass is 10.0. The lowest BCUT2D eigenvalue weighted by Gasteiger charge is -2.06. The van der Waals surface area contributed by atoms with Crippen LogP contribution < -0.4 is 0 Å². The highest BCUT2D eigenvalue weighted by molar-refractivity contribution is 5.70. The topological polar surface area (TPSA) is 38.7 Å². The minimum Gasteiger partial charge on any atom is -0.264 e. The van der Waals surface area contributed by atoms with Crippen LogP contribution in [0.2, 0.25) is 0 Å². The Morgan fingerprint density at radius 2 is 1.90 bits per heavy atom. The number of rotatable bonds is 2. The third-order valence-corrected chi connectivity index (χ3v) is 2.99. The second kappa shape index (κ2) is 5.17. The first-order valence-electron chi connectivity index (χ1n) is 6.24. The van der Waals surface area contributed by atoms with Crippen LogP contribution in [0.25, 0.3) is 22.5 Å². The predicted octanol–water partition coefficient (Wildman–Crippen LogP) is 3.65. The first-order chi connectivity index (χ1) is 9.74. The third kappa shape index (κ3) is 2.40. The van der Waals surface area contributed by atoms with Crippen molar-refractivity contribution in [2.45, 2.75) is 6.92 Å². The molecule has 0 bridgehead atoms. The lowest BCUT2D eigenvalue weighted by molar-refractivity contribution is 0.631. The number of pyridine rings is 1. The Labute approximate surface area is 116 Å². The largest absolute Gasteiger partial charge is 0.264 e. The highest BCUT2D eigenvalue weighted by Gasteiger charge is 2.09. The summed E-state index contributed by atoms with van der Waals surface area (Å²) < 4.78 is 14.0. The van der Waals surface area contributed by atoms with Gasteiger partial charge >= 0.3 is 0 Å². The van der Waals surface area contributed by atoms with E-state index in [0.29, 0.717) is 11.4 Å². The fraction of sp³-hybridized carbons (Fsp3) is 0.0625. The molecule has 0 atom stereocenters. The summed E-state index contributed by atoms with van der Waals surface area (Å²) in [6.07, 6.45) is 5.00. The molecule has 0 amide bonds. The van der Waals surface area contributed by atoms with Crippen LogP contribution in [0.1, 0.15) is 5.69 Å². The van der Waals surface area contributed by atoms with E-state index in [9.17, 15) is 4.39 Å². The van der Waals surface area contributed by atoms with Crippen LogP contribution in [0, 0.1) is 12.7 Å². The summed E-state index contributed by atoms with van der Waals surface area (Å²) >= 11 is 0.